The van der Waals surface area contributed by atoms with Crippen LogP contribution in [0.1, 0.15) is 25.7 Å². The van der Waals surface area contributed by atoms with Gasteiger partial charge in [0.1, 0.15) is 0 Å². The second-order valence-electron chi connectivity index (χ2n) is 3.32. The first-order chi connectivity index (χ1) is 7.70. The smallest absolute Gasteiger partial charge is 0.303 e. The quantitative estimate of drug-likeness (QED) is 0.467. The molecule has 0 aliphatic rings. The first-order valence-corrected chi connectivity index (χ1v) is 4.99. The number of nitrogens with zero attached hydrogens (tertiary/aromatic N) is 2. The van der Waals surface area contributed by atoms with Crippen molar-refractivity contribution in [3.8, 4) is 0 Å². The van der Waals surface area contributed by atoms with E-state index in [9.17, 15) is 14.4 Å². The second-order valence-corrected chi connectivity index (χ2v) is 3.32. The van der Waals surface area contributed by atoms with Gasteiger partial charge in [-0.3, -0.25) is 4.79 Å². The Morgan fingerprint density at radius 1 is 1.06 bits per heavy atom. The minimum atomic E-state index is -0.859. The van der Waals surface area contributed by atoms with Crippen LogP contribution < -0.4 is 0 Å². The normalized spacial score (nSPS) is 11.0. The molecule has 0 amide bonds. The number of carbonyl (C=O) groups excluding carboxylic acids is 2. The van der Waals surface area contributed by atoms with Crippen LogP contribution in [0.5, 0.6) is 0 Å². The predicted octanol–water partition coefficient (Wildman–Crippen LogP) is 0.919. The lowest BCUT2D eigenvalue weighted by Gasteiger charge is -2.12. The molecule has 0 atom stereocenters. The number of aliphatic imine (C=N–C) groups is 2. The van der Waals surface area contributed by atoms with Crippen LogP contribution in [0.3, 0.4) is 0 Å². The predicted molar refractivity (Wildman–Crippen MR) is 55.6 cm³/mol. The van der Waals surface area contributed by atoms with Gasteiger partial charge in [-0.15, -0.1) is 0 Å². The molecule has 6 heteroatoms. The van der Waals surface area contributed by atoms with Gasteiger partial charge in [-0.2, -0.15) is 0 Å². The molecule has 0 saturated heterocycles. The minimum Gasteiger partial charge on any atom is -0.481 e. The molecule has 0 aromatic heterocycles. The molecular weight excluding hydrogens is 212 g/mol. The molecule has 0 unspecified atom stereocenters. The molecule has 0 aromatic carbocycles. The lowest BCUT2D eigenvalue weighted by molar-refractivity contribution is -0.137. The number of carboxylic acids is 1. The zero-order valence-corrected chi connectivity index (χ0v) is 8.89. The fourth-order valence-electron chi connectivity index (χ4n) is 1.35. The van der Waals surface area contributed by atoms with E-state index in [4.69, 9.17) is 5.11 Å². The van der Waals surface area contributed by atoms with Crippen LogP contribution in [0.4, 0.5) is 0 Å². The van der Waals surface area contributed by atoms with Crippen LogP contribution in [0, 0.1) is 5.92 Å². The Bertz CT molecular complexity index is 274. The number of hydrogen-bond donors (Lipinski definition) is 1. The van der Waals surface area contributed by atoms with Gasteiger partial charge in [-0.1, -0.05) is 0 Å². The molecule has 1 N–H and O–H groups in total. The zero-order valence-electron chi connectivity index (χ0n) is 8.89. The summed E-state index contributed by atoms with van der Waals surface area (Å²) in [7, 11) is 0. The highest BCUT2D eigenvalue weighted by atomic mass is 16.4. The summed E-state index contributed by atoms with van der Waals surface area (Å²) in [5.74, 6) is -0.756. The van der Waals surface area contributed by atoms with Crippen LogP contribution in [-0.4, -0.2) is 36.3 Å². The molecule has 0 aliphatic heterocycles. The van der Waals surface area contributed by atoms with Crippen molar-refractivity contribution < 1.29 is 19.5 Å². The fourth-order valence-corrected chi connectivity index (χ4v) is 1.35. The van der Waals surface area contributed by atoms with Crippen molar-refractivity contribution in [3.63, 3.8) is 0 Å². The van der Waals surface area contributed by atoms with Crippen molar-refractivity contribution in [2.45, 2.75) is 25.7 Å². The average molecular weight is 226 g/mol. The summed E-state index contributed by atoms with van der Waals surface area (Å²) < 4.78 is 0. The number of carboxylic acid groups (broad SMARTS) is 1. The van der Waals surface area contributed by atoms with E-state index in [0.717, 1.165) is 0 Å². The first-order valence-electron chi connectivity index (χ1n) is 4.99. The van der Waals surface area contributed by atoms with Gasteiger partial charge in [0.2, 0.25) is 12.2 Å². The summed E-state index contributed by atoms with van der Waals surface area (Å²) >= 11 is 0. The van der Waals surface area contributed by atoms with Crippen LogP contribution in [0.15, 0.2) is 9.98 Å². The van der Waals surface area contributed by atoms with Gasteiger partial charge >= 0.3 is 5.97 Å². The van der Waals surface area contributed by atoms with E-state index in [0.29, 0.717) is 32.4 Å². The minimum absolute atomic E-state index is 0.0697. The molecule has 88 valence electrons. The molecule has 0 aliphatic carbocycles. The lowest BCUT2D eigenvalue weighted by Crippen LogP contribution is -2.07. The van der Waals surface area contributed by atoms with Gasteiger partial charge in [0.05, 0.1) is 13.1 Å². The fraction of sp³-hybridized carbons (Fsp3) is 0.700. The van der Waals surface area contributed by atoms with Crippen molar-refractivity contribution >= 4 is 18.1 Å². The highest BCUT2D eigenvalue weighted by Gasteiger charge is 2.10. The topological polar surface area (TPSA) is 96.2 Å². The van der Waals surface area contributed by atoms with E-state index in [-0.39, 0.29) is 12.3 Å². The van der Waals surface area contributed by atoms with Gasteiger partial charge in [-0.05, 0) is 25.2 Å². The molecule has 0 spiro atoms. The number of aliphatic carboxylic acids is 1. The third-order valence-electron chi connectivity index (χ3n) is 2.19. The number of isocyanates is 2. The monoisotopic (exact) mass is 226 g/mol. The molecule has 16 heavy (non-hydrogen) atoms. The van der Waals surface area contributed by atoms with Crippen LogP contribution in [0.2, 0.25) is 0 Å². The molecule has 0 heterocycles. The molecule has 0 radical (unpaired) electrons. The molecule has 6 nitrogen and oxygen atoms in total. The Morgan fingerprint density at radius 3 is 1.94 bits per heavy atom. The first kappa shape index (κ1) is 14.2. The average Bonchev–Trinajstić information content (AvgIpc) is 2.25. The lowest BCUT2D eigenvalue weighted by atomic mass is 9.96. The SMILES string of the molecule is O=C=NCCC(CCN=C=O)CCC(=O)O. The standard InChI is InChI=1S/C10H14N2O4/c13-7-11-5-3-9(1-2-10(15)16)4-6-12-8-14/h9H,1-6H2,(H,15,16). The molecule has 0 aromatic rings. The largest absolute Gasteiger partial charge is 0.481 e. The number of carbonyl (C=O) groups is 1. The van der Waals surface area contributed by atoms with Gasteiger partial charge < -0.3 is 5.11 Å². The molecule has 0 saturated carbocycles. The van der Waals surface area contributed by atoms with E-state index in [1.807, 2.05) is 0 Å². The summed E-state index contributed by atoms with van der Waals surface area (Å²) in [4.78, 5) is 36.9. The Kier molecular flexibility index (Phi) is 8.69. The van der Waals surface area contributed by atoms with Crippen molar-refractivity contribution in [3.05, 3.63) is 0 Å². The van der Waals surface area contributed by atoms with E-state index in [1.165, 1.54) is 12.2 Å². The zero-order chi connectivity index (χ0) is 12.2. The van der Waals surface area contributed by atoms with Gasteiger partial charge in [0.15, 0.2) is 0 Å². The Labute approximate surface area is 93.1 Å². The molecular formula is C10H14N2O4. The van der Waals surface area contributed by atoms with E-state index in [1.54, 1.807) is 0 Å². The Balaban J connectivity index is 3.97. The van der Waals surface area contributed by atoms with Crippen LogP contribution in [-0.2, 0) is 14.4 Å². The third kappa shape index (κ3) is 8.81. The van der Waals surface area contributed by atoms with Crippen LogP contribution in [0.25, 0.3) is 0 Å². The van der Waals surface area contributed by atoms with Crippen molar-refractivity contribution in [2.75, 3.05) is 13.1 Å². The Hall–Kier alpha value is -1.77. The summed E-state index contributed by atoms with van der Waals surface area (Å²) in [5, 5.41) is 8.53. The summed E-state index contributed by atoms with van der Waals surface area (Å²) in [6.45, 7) is 0.664. The van der Waals surface area contributed by atoms with Crippen molar-refractivity contribution in [1.82, 2.24) is 0 Å². The van der Waals surface area contributed by atoms with E-state index in [2.05, 4.69) is 9.98 Å². The van der Waals surface area contributed by atoms with Crippen molar-refractivity contribution in [1.29, 1.82) is 0 Å². The van der Waals surface area contributed by atoms with E-state index >= 15 is 0 Å². The number of rotatable bonds is 9. The van der Waals surface area contributed by atoms with Crippen molar-refractivity contribution in [2.24, 2.45) is 15.9 Å². The highest BCUT2D eigenvalue weighted by Crippen LogP contribution is 2.15. The maximum absolute atomic E-state index is 10.4. The van der Waals surface area contributed by atoms with E-state index < -0.39 is 5.97 Å². The molecule has 0 rings (SSSR count). The van der Waals surface area contributed by atoms with Gasteiger partial charge in [-0.25, -0.2) is 19.6 Å². The highest BCUT2D eigenvalue weighted by molar-refractivity contribution is 5.66. The molecule has 0 bridgehead atoms. The second kappa shape index (κ2) is 9.77. The maximum atomic E-state index is 10.4. The summed E-state index contributed by atoms with van der Waals surface area (Å²) in [6, 6.07) is 0. The van der Waals surface area contributed by atoms with Gasteiger partial charge in [0.25, 0.3) is 0 Å². The van der Waals surface area contributed by atoms with Crippen LogP contribution >= 0.6 is 0 Å². The third-order valence-corrected chi connectivity index (χ3v) is 2.19. The summed E-state index contributed by atoms with van der Waals surface area (Å²) in [5.41, 5.74) is 0. The number of hydrogen-bond acceptors (Lipinski definition) is 5. The maximum Gasteiger partial charge on any atom is 0.303 e. The Morgan fingerprint density at radius 2 is 1.56 bits per heavy atom. The summed E-state index contributed by atoms with van der Waals surface area (Å²) in [6.07, 6.45) is 4.64. The molecule has 0 fully saturated rings. The van der Waals surface area contributed by atoms with Gasteiger partial charge in [0, 0.05) is 6.42 Å².